The molecule has 1 heterocycles. The molecular formula is C23H33N3O. The largest absolute Gasteiger partial charge is 0.312 e. The molecule has 0 bridgehead atoms. The molecule has 1 saturated carbocycles. The van der Waals surface area contributed by atoms with Crippen LogP contribution in [0.5, 0.6) is 0 Å². The molecule has 0 unspecified atom stereocenters. The van der Waals surface area contributed by atoms with Gasteiger partial charge in [-0.1, -0.05) is 32.0 Å². The van der Waals surface area contributed by atoms with Gasteiger partial charge in [0.1, 0.15) is 17.4 Å². The summed E-state index contributed by atoms with van der Waals surface area (Å²) < 4.78 is 2.33. The summed E-state index contributed by atoms with van der Waals surface area (Å²) in [6.07, 6.45) is 7.31. The van der Waals surface area contributed by atoms with E-state index in [2.05, 4.69) is 60.7 Å². The Balaban J connectivity index is 1.55. The van der Waals surface area contributed by atoms with Crippen molar-refractivity contribution in [2.45, 2.75) is 85.1 Å². The summed E-state index contributed by atoms with van der Waals surface area (Å²) in [7, 11) is 0. The summed E-state index contributed by atoms with van der Waals surface area (Å²) >= 11 is 0. The maximum atomic E-state index is 12.4. The van der Waals surface area contributed by atoms with Crippen molar-refractivity contribution in [2.75, 3.05) is 0 Å². The lowest BCUT2D eigenvalue weighted by Crippen LogP contribution is -2.10. The number of hydrogen-bond donors (Lipinski definition) is 0. The van der Waals surface area contributed by atoms with Crippen LogP contribution in [-0.2, 0) is 24.1 Å². The number of Topliss-reactive ketones (excluding diaryl/α,β-unsaturated/α-hetero) is 1. The predicted molar refractivity (Wildman–Crippen MR) is 109 cm³/mol. The molecule has 27 heavy (non-hydrogen) atoms. The van der Waals surface area contributed by atoms with E-state index in [0.717, 1.165) is 37.3 Å². The SMILES string of the molecule is Cc1cccc(CCC(=O)CCc2nnc(CCC(C)C)n2C2CC2)c1C. The molecule has 1 aliphatic carbocycles. The van der Waals surface area contributed by atoms with Gasteiger partial charge in [-0.2, -0.15) is 0 Å². The number of aryl methyl sites for hydroxylation is 4. The highest BCUT2D eigenvalue weighted by Gasteiger charge is 2.29. The van der Waals surface area contributed by atoms with Crippen molar-refractivity contribution in [3.63, 3.8) is 0 Å². The quantitative estimate of drug-likeness (QED) is 0.597. The second kappa shape index (κ2) is 8.81. The summed E-state index contributed by atoms with van der Waals surface area (Å²) in [5, 5.41) is 8.88. The molecule has 146 valence electrons. The Morgan fingerprint density at radius 1 is 1.07 bits per heavy atom. The first kappa shape index (κ1) is 19.8. The van der Waals surface area contributed by atoms with Crippen LogP contribution >= 0.6 is 0 Å². The Bertz CT molecular complexity index is 787. The van der Waals surface area contributed by atoms with Gasteiger partial charge in [0.05, 0.1) is 0 Å². The second-order valence-corrected chi connectivity index (χ2v) is 8.46. The van der Waals surface area contributed by atoms with Crippen molar-refractivity contribution in [3.05, 3.63) is 46.5 Å². The second-order valence-electron chi connectivity index (χ2n) is 8.46. The number of nitrogens with zero attached hydrogens (tertiary/aromatic N) is 3. The summed E-state index contributed by atoms with van der Waals surface area (Å²) in [6, 6.07) is 6.92. The van der Waals surface area contributed by atoms with E-state index in [9.17, 15) is 4.79 Å². The third-order valence-corrected chi connectivity index (χ3v) is 5.71. The van der Waals surface area contributed by atoms with Crippen LogP contribution in [0.1, 0.15) is 80.3 Å². The number of aromatic nitrogens is 3. The monoisotopic (exact) mass is 367 g/mol. The Hall–Kier alpha value is -1.97. The van der Waals surface area contributed by atoms with Crippen molar-refractivity contribution < 1.29 is 4.79 Å². The van der Waals surface area contributed by atoms with E-state index >= 15 is 0 Å². The van der Waals surface area contributed by atoms with E-state index in [1.54, 1.807) is 0 Å². The molecule has 0 spiro atoms. The number of hydrogen-bond acceptors (Lipinski definition) is 3. The van der Waals surface area contributed by atoms with Crippen LogP contribution in [0, 0.1) is 19.8 Å². The molecule has 1 aromatic heterocycles. The molecule has 0 radical (unpaired) electrons. The molecule has 0 atom stereocenters. The highest BCUT2D eigenvalue weighted by Crippen LogP contribution is 2.37. The molecule has 4 heteroatoms. The van der Waals surface area contributed by atoms with Crippen molar-refractivity contribution in [3.8, 4) is 0 Å². The van der Waals surface area contributed by atoms with Crippen LogP contribution in [0.2, 0.25) is 0 Å². The minimum absolute atomic E-state index is 0.324. The lowest BCUT2D eigenvalue weighted by atomic mass is 9.98. The maximum Gasteiger partial charge on any atom is 0.133 e. The van der Waals surface area contributed by atoms with Gasteiger partial charge in [0.25, 0.3) is 0 Å². The van der Waals surface area contributed by atoms with Gasteiger partial charge in [0, 0.05) is 31.7 Å². The number of rotatable bonds is 10. The van der Waals surface area contributed by atoms with Crippen LogP contribution in [0.25, 0.3) is 0 Å². The normalized spacial score (nSPS) is 14.1. The zero-order valence-electron chi connectivity index (χ0n) is 17.3. The highest BCUT2D eigenvalue weighted by atomic mass is 16.1. The van der Waals surface area contributed by atoms with Crippen LogP contribution in [0.4, 0.5) is 0 Å². The number of carbonyl (C=O) groups excluding carboxylic acids is 1. The van der Waals surface area contributed by atoms with Crippen LogP contribution in [0.15, 0.2) is 18.2 Å². The fourth-order valence-electron chi connectivity index (χ4n) is 3.61. The van der Waals surface area contributed by atoms with Gasteiger partial charge in [-0.05, 0) is 62.1 Å². The minimum atomic E-state index is 0.324. The zero-order chi connectivity index (χ0) is 19.4. The average molecular weight is 368 g/mol. The third-order valence-electron chi connectivity index (χ3n) is 5.71. The van der Waals surface area contributed by atoms with Crippen molar-refractivity contribution in [2.24, 2.45) is 5.92 Å². The summed E-state index contributed by atoms with van der Waals surface area (Å²) in [6.45, 7) is 8.76. The molecule has 1 aliphatic rings. The fraction of sp³-hybridized carbons (Fsp3) is 0.609. The molecule has 0 saturated heterocycles. The first-order valence-corrected chi connectivity index (χ1v) is 10.4. The highest BCUT2D eigenvalue weighted by molar-refractivity contribution is 5.78. The number of benzene rings is 1. The van der Waals surface area contributed by atoms with Crippen molar-refractivity contribution in [1.82, 2.24) is 14.8 Å². The first-order valence-electron chi connectivity index (χ1n) is 10.4. The Labute approximate surface area is 163 Å². The van der Waals surface area contributed by atoms with Crippen LogP contribution in [0.3, 0.4) is 0 Å². The van der Waals surface area contributed by atoms with Crippen LogP contribution < -0.4 is 0 Å². The minimum Gasteiger partial charge on any atom is -0.312 e. The van der Waals surface area contributed by atoms with Gasteiger partial charge in [0.15, 0.2) is 0 Å². The van der Waals surface area contributed by atoms with E-state index in [4.69, 9.17) is 0 Å². The molecule has 1 fully saturated rings. The first-order chi connectivity index (χ1) is 13.0. The Morgan fingerprint density at radius 2 is 1.74 bits per heavy atom. The van der Waals surface area contributed by atoms with Gasteiger partial charge >= 0.3 is 0 Å². The lowest BCUT2D eigenvalue weighted by molar-refractivity contribution is -0.119. The van der Waals surface area contributed by atoms with Gasteiger partial charge in [-0.15, -0.1) is 10.2 Å². The Morgan fingerprint density at radius 3 is 2.41 bits per heavy atom. The zero-order valence-corrected chi connectivity index (χ0v) is 17.3. The van der Waals surface area contributed by atoms with E-state index in [1.807, 2.05) is 0 Å². The summed E-state index contributed by atoms with van der Waals surface area (Å²) in [4.78, 5) is 12.4. The number of ketones is 1. The third kappa shape index (κ3) is 5.27. The topological polar surface area (TPSA) is 47.8 Å². The molecule has 0 N–H and O–H groups in total. The van der Waals surface area contributed by atoms with Gasteiger partial charge in [-0.3, -0.25) is 4.79 Å². The van der Waals surface area contributed by atoms with E-state index in [0.29, 0.717) is 30.6 Å². The standard InChI is InChI=1S/C23H33N3O/c1-16(2)8-14-22-24-25-23(26(22)20-10-11-20)15-13-21(27)12-9-19-7-5-6-17(3)18(19)4/h5-7,16,20H,8-15H2,1-4H3. The molecule has 0 aliphatic heterocycles. The van der Waals surface area contributed by atoms with Crippen molar-refractivity contribution in [1.29, 1.82) is 0 Å². The van der Waals surface area contributed by atoms with Crippen LogP contribution in [-0.4, -0.2) is 20.5 Å². The molecule has 4 nitrogen and oxygen atoms in total. The molecule has 0 amide bonds. The summed E-state index contributed by atoms with van der Waals surface area (Å²) in [5.74, 6) is 3.12. The van der Waals surface area contributed by atoms with E-state index in [1.165, 1.54) is 29.5 Å². The fourth-order valence-corrected chi connectivity index (χ4v) is 3.61. The van der Waals surface area contributed by atoms with E-state index in [-0.39, 0.29) is 0 Å². The van der Waals surface area contributed by atoms with Gasteiger partial charge in [0.2, 0.25) is 0 Å². The van der Waals surface area contributed by atoms with Gasteiger partial charge < -0.3 is 4.57 Å². The average Bonchev–Trinajstić information content (AvgIpc) is 3.39. The van der Waals surface area contributed by atoms with Gasteiger partial charge in [-0.25, -0.2) is 0 Å². The molecular weight excluding hydrogens is 334 g/mol. The van der Waals surface area contributed by atoms with Crippen molar-refractivity contribution >= 4 is 5.78 Å². The molecule has 3 rings (SSSR count). The Kier molecular flexibility index (Phi) is 6.46. The van der Waals surface area contributed by atoms with E-state index < -0.39 is 0 Å². The lowest BCUT2D eigenvalue weighted by Gasteiger charge is -2.10. The predicted octanol–water partition coefficient (Wildman–Crippen LogP) is 4.95. The molecule has 1 aromatic carbocycles. The molecule has 2 aromatic rings. The smallest absolute Gasteiger partial charge is 0.133 e. The number of carbonyl (C=O) groups is 1. The summed E-state index contributed by atoms with van der Waals surface area (Å²) in [5.41, 5.74) is 3.90. The maximum absolute atomic E-state index is 12.4.